The van der Waals surface area contributed by atoms with Gasteiger partial charge in [-0.3, -0.25) is 5.21 Å². The molecule has 2 unspecified atom stereocenters. The Balaban J connectivity index is 2.04. The van der Waals surface area contributed by atoms with Gasteiger partial charge in [-0.25, -0.2) is 10.0 Å². The molecular weight excluding hydrogens is 212 g/mol. The van der Waals surface area contributed by atoms with E-state index in [0.717, 1.165) is 6.42 Å². The maximum absolute atomic E-state index is 9.94. The third kappa shape index (κ3) is 2.62. The van der Waals surface area contributed by atoms with Crippen molar-refractivity contribution in [1.29, 1.82) is 0 Å². The summed E-state index contributed by atoms with van der Waals surface area (Å²) in [6.07, 6.45) is 3.16. The van der Waals surface area contributed by atoms with Gasteiger partial charge in [-0.05, 0) is 18.6 Å². The van der Waals surface area contributed by atoms with Crippen molar-refractivity contribution in [2.45, 2.75) is 24.3 Å². The maximum atomic E-state index is 9.94. The van der Waals surface area contributed by atoms with E-state index in [-0.39, 0.29) is 11.5 Å². The Morgan fingerprint density at radius 1 is 1.53 bits per heavy atom. The van der Waals surface area contributed by atoms with E-state index in [4.69, 9.17) is 4.74 Å². The fourth-order valence-corrected chi connectivity index (χ4v) is 2.01. The van der Waals surface area contributed by atoms with Gasteiger partial charge >= 0.3 is 0 Å². The van der Waals surface area contributed by atoms with E-state index in [2.05, 4.69) is 17.6 Å². The van der Waals surface area contributed by atoms with Crippen molar-refractivity contribution < 1.29 is 9.94 Å². The Morgan fingerprint density at radius 2 is 2.40 bits per heavy atom. The van der Waals surface area contributed by atoms with Crippen molar-refractivity contribution in [1.82, 2.24) is 4.98 Å². The molecular formula is C10H14N2O2S. The van der Waals surface area contributed by atoms with Crippen molar-refractivity contribution in [3.8, 4) is 0 Å². The zero-order valence-electron chi connectivity index (χ0n) is 8.28. The number of ether oxygens (including phenoxy) is 1. The van der Waals surface area contributed by atoms with Gasteiger partial charge in [-0.1, -0.05) is 6.07 Å². The van der Waals surface area contributed by atoms with E-state index in [1.165, 1.54) is 5.06 Å². The van der Waals surface area contributed by atoms with Gasteiger partial charge in [0.15, 0.2) is 5.82 Å². The summed E-state index contributed by atoms with van der Waals surface area (Å²) in [7, 11) is 0. The Hall–Kier alpha value is -0.780. The van der Waals surface area contributed by atoms with E-state index in [0.29, 0.717) is 18.8 Å². The molecule has 1 aromatic rings. The van der Waals surface area contributed by atoms with Crippen LogP contribution in [0.2, 0.25) is 0 Å². The summed E-state index contributed by atoms with van der Waals surface area (Å²) >= 11 is 4.25. The lowest BCUT2D eigenvalue weighted by Gasteiger charge is -2.32. The highest BCUT2D eigenvalue weighted by Gasteiger charge is 2.25. The summed E-state index contributed by atoms with van der Waals surface area (Å²) in [5, 5.41) is 11.2. The van der Waals surface area contributed by atoms with E-state index < -0.39 is 0 Å². The lowest BCUT2D eigenvalue weighted by atomic mass is 10.1. The smallest absolute Gasteiger partial charge is 0.152 e. The van der Waals surface area contributed by atoms with Crippen LogP contribution in [0, 0.1) is 0 Å². The van der Waals surface area contributed by atoms with Crippen molar-refractivity contribution in [3.05, 3.63) is 24.4 Å². The molecule has 2 rings (SSSR count). The topological polar surface area (TPSA) is 45.6 Å². The van der Waals surface area contributed by atoms with Crippen LogP contribution in [0.15, 0.2) is 24.4 Å². The third-order valence-corrected chi connectivity index (χ3v) is 2.82. The van der Waals surface area contributed by atoms with Gasteiger partial charge in [-0.15, -0.1) is 12.6 Å². The van der Waals surface area contributed by atoms with Crippen LogP contribution in [0.4, 0.5) is 5.82 Å². The van der Waals surface area contributed by atoms with E-state index in [9.17, 15) is 5.21 Å². The van der Waals surface area contributed by atoms with Gasteiger partial charge in [0.25, 0.3) is 0 Å². The Labute approximate surface area is 94.2 Å². The SMILES string of the molecule is ON(c1ccccn1)C1CCOC(S)C1. The summed E-state index contributed by atoms with van der Waals surface area (Å²) in [6.45, 7) is 0.628. The molecule has 0 radical (unpaired) electrons. The molecule has 0 aliphatic carbocycles. The highest BCUT2D eigenvalue weighted by atomic mass is 32.1. The number of anilines is 1. The number of nitrogens with zero attached hydrogens (tertiary/aromatic N) is 2. The minimum Gasteiger partial charge on any atom is -0.368 e. The molecule has 0 aromatic carbocycles. The largest absolute Gasteiger partial charge is 0.368 e. The van der Waals surface area contributed by atoms with Crippen LogP contribution >= 0.6 is 12.6 Å². The van der Waals surface area contributed by atoms with Crippen molar-refractivity contribution >= 4 is 18.4 Å². The van der Waals surface area contributed by atoms with Crippen molar-refractivity contribution in [3.63, 3.8) is 0 Å². The first kappa shape index (κ1) is 10.7. The van der Waals surface area contributed by atoms with Crippen molar-refractivity contribution in [2.75, 3.05) is 11.7 Å². The Bertz CT molecular complexity index is 310. The molecule has 0 saturated carbocycles. The van der Waals surface area contributed by atoms with Gasteiger partial charge in [0.1, 0.15) is 5.44 Å². The Kier molecular flexibility index (Phi) is 3.45. The normalized spacial score (nSPS) is 26.3. The lowest BCUT2D eigenvalue weighted by molar-refractivity contribution is 0.0411. The summed E-state index contributed by atoms with van der Waals surface area (Å²) in [5.41, 5.74) is -0.0953. The van der Waals surface area contributed by atoms with Crippen molar-refractivity contribution in [2.24, 2.45) is 0 Å². The van der Waals surface area contributed by atoms with E-state index >= 15 is 0 Å². The van der Waals surface area contributed by atoms with E-state index in [1.807, 2.05) is 12.1 Å². The minimum absolute atomic E-state index is 0.0381. The number of rotatable bonds is 2. The molecule has 0 amide bonds. The molecule has 2 atom stereocenters. The number of hydrogen-bond acceptors (Lipinski definition) is 5. The van der Waals surface area contributed by atoms with Crippen LogP contribution in [0.3, 0.4) is 0 Å². The second-order valence-corrected chi connectivity index (χ2v) is 4.11. The zero-order chi connectivity index (χ0) is 10.7. The number of aromatic nitrogens is 1. The van der Waals surface area contributed by atoms with Gasteiger partial charge in [0, 0.05) is 12.6 Å². The fraction of sp³-hybridized carbons (Fsp3) is 0.500. The van der Waals surface area contributed by atoms with Gasteiger partial charge < -0.3 is 4.74 Å². The molecule has 2 heterocycles. The average molecular weight is 226 g/mol. The highest BCUT2D eigenvalue weighted by Crippen LogP contribution is 2.23. The predicted molar refractivity (Wildman–Crippen MR) is 60.3 cm³/mol. The molecule has 1 aliphatic rings. The third-order valence-electron chi connectivity index (χ3n) is 2.46. The first-order valence-corrected chi connectivity index (χ1v) is 5.48. The molecule has 1 saturated heterocycles. The summed E-state index contributed by atoms with van der Waals surface area (Å²) in [4.78, 5) is 4.09. The monoisotopic (exact) mass is 226 g/mol. The second-order valence-electron chi connectivity index (χ2n) is 3.54. The second kappa shape index (κ2) is 4.83. The standard InChI is InChI=1S/C10H14N2O2S/c13-12(9-3-1-2-5-11-9)8-4-6-14-10(15)7-8/h1-3,5,8,10,13,15H,4,6-7H2. The van der Waals surface area contributed by atoms with Crippen LogP contribution in [0.25, 0.3) is 0 Å². The maximum Gasteiger partial charge on any atom is 0.152 e. The zero-order valence-corrected chi connectivity index (χ0v) is 9.18. The van der Waals surface area contributed by atoms with Gasteiger partial charge in [0.2, 0.25) is 0 Å². The fourth-order valence-electron chi connectivity index (χ4n) is 1.66. The summed E-state index contributed by atoms with van der Waals surface area (Å²) in [6, 6.07) is 5.49. The number of thiol groups is 1. The summed E-state index contributed by atoms with van der Waals surface area (Å²) < 4.78 is 5.30. The first-order chi connectivity index (χ1) is 7.27. The first-order valence-electron chi connectivity index (χ1n) is 4.96. The number of hydrogen-bond donors (Lipinski definition) is 2. The van der Waals surface area contributed by atoms with Crippen LogP contribution in [0.1, 0.15) is 12.8 Å². The molecule has 0 bridgehead atoms. The quantitative estimate of drug-likeness (QED) is 0.595. The number of pyridine rings is 1. The van der Waals surface area contributed by atoms with Gasteiger partial charge in [0.05, 0.1) is 12.6 Å². The molecule has 0 spiro atoms. The van der Waals surface area contributed by atoms with E-state index in [1.54, 1.807) is 12.3 Å². The molecule has 15 heavy (non-hydrogen) atoms. The summed E-state index contributed by atoms with van der Waals surface area (Å²) in [5.74, 6) is 0.574. The Morgan fingerprint density at radius 3 is 3.07 bits per heavy atom. The highest BCUT2D eigenvalue weighted by molar-refractivity contribution is 7.80. The lowest BCUT2D eigenvalue weighted by Crippen LogP contribution is -2.39. The molecule has 4 nitrogen and oxygen atoms in total. The molecule has 1 aliphatic heterocycles. The van der Waals surface area contributed by atoms with Crippen LogP contribution in [0.5, 0.6) is 0 Å². The van der Waals surface area contributed by atoms with Crippen LogP contribution in [-0.2, 0) is 4.74 Å². The molecule has 5 heteroatoms. The molecule has 82 valence electrons. The minimum atomic E-state index is -0.0953. The van der Waals surface area contributed by atoms with Crippen LogP contribution in [-0.4, -0.2) is 28.3 Å². The van der Waals surface area contributed by atoms with Gasteiger partial charge in [-0.2, -0.15) is 0 Å². The molecule has 1 N–H and O–H groups in total. The number of hydroxylamine groups is 1. The van der Waals surface area contributed by atoms with Crippen LogP contribution < -0.4 is 5.06 Å². The molecule has 1 fully saturated rings. The average Bonchev–Trinajstić information content (AvgIpc) is 2.29. The molecule has 1 aromatic heterocycles. The predicted octanol–water partition coefficient (Wildman–Crippen LogP) is 1.71.